The van der Waals surface area contributed by atoms with Crippen LogP contribution in [0.25, 0.3) is 43.8 Å². The van der Waals surface area contributed by atoms with E-state index >= 15 is 0 Å². The fraction of sp³-hybridized carbons (Fsp3) is 0.543. The first kappa shape index (κ1) is 55.1. The first-order valence-corrected chi connectivity index (χ1v) is 33.5. The van der Waals surface area contributed by atoms with Crippen molar-refractivity contribution in [2.45, 2.75) is 178 Å². The molecule has 0 N–H and O–H groups in total. The summed E-state index contributed by atoms with van der Waals surface area (Å²) in [6, 6.07) is 43.9. The van der Waals surface area contributed by atoms with Gasteiger partial charge in [0.1, 0.15) is 0 Å². The van der Waals surface area contributed by atoms with Gasteiger partial charge in [0.15, 0.2) is 0 Å². The van der Waals surface area contributed by atoms with Gasteiger partial charge in [0.25, 0.3) is 0 Å². The van der Waals surface area contributed by atoms with Crippen molar-refractivity contribution in [3.05, 3.63) is 146 Å². The van der Waals surface area contributed by atoms with E-state index in [0.29, 0.717) is 21.7 Å². The second-order valence-corrected chi connectivity index (χ2v) is 27.0. The molecule has 12 aliphatic carbocycles. The smallest absolute Gasteiger partial charge is 0.00391 e. The molecule has 6 aromatic rings. The van der Waals surface area contributed by atoms with Crippen LogP contribution in [0, 0.1) is 72.5 Å². The van der Waals surface area contributed by atoms with Gasteiger partial charge in [-0.1, -0.05) is 78.7 Å². The predicted octanol–water partition coefficient (Wildman–Crippen LogP) is 19.8. The van der Waals surface area contributed by atoms with E-state index in [2.05, 4.69) is 123 Å². The van der Waals surface area contributed by atoms with Crippen molar-refractivity contribution in [1.82, 2.24) is 0 Å². The normalized spacial score (nSPS) is 34.7. The molecule has 18 rings (SSSR count). The molecule has 0 atom stereocenters. The Morgan fingerprint density at radius 1 is 0.473 bits per heavy atom. The summed E-state index contributed by atoms with van der Waals surface area (Å²) in [6.07, 6.45) is 36.4. The van der Waals surface area contributed by atoms with Crippen LogP contribution in [0.15, 0.2) is 109 Å². The van der Waals surface area contributed by atoms with E-state index in [4.69, 9.17) is 0 Å². The zero-order chi connectivity index (χ0) is 48.0. The molecule has 0 saturated heterocycles. The van der Waals surface area contributed by atoms with Crippen molar-refractivity contribution in [2.24, 2.45) is 58.2 Å². The Bertz CT molecular complexity index is 2580. The molecule has 12 bridgehead atoms. The molecule has 2 radical (unpaired) electrons. The molecule has 4 heteroatoms. The second kappa shape index (κ2) is 22.1. The minimum absolute atomic E-state index is 0. The summed E-state index contributed by atoms with van der Waals surface area (Å²) < 4.78 is 0. The maximum absolute atomic E-state index is 3.49. The fourth-order valence-electron chi connectivity index (χ4n) is 20.2. The summed E-state index contributed by atoms with van der Waals surface area (Å²) in [5.41, 5.74) is 14.4. The molecular formula is C70H86Cl2SiZr-4. The average molecular weight is 1120 g/mol. The number of hydrogen-bond donors (Lipinski definition) is 0. The van der Waals surface area contributed by atoms with Crippen LogP contribution in [0.1, 0.15) is 177 Å². The summed E-state index contributed by atoms with van der Waals surface area (Å²) in [7, 11) is 0. The van der Waals surface area contributed by atoms with E-state index in [1.54, 1.807) is 22.3 Å². The van der Waals surface area contributed by atoms with Crippen LogP contribution in [-0.4, -0.2) is 6.88 Å². The molecule has 0 spiro atoms. The largest absolute Gasteiger partial charge is 0.164 e. The van der Waals surface area contributed by atoms with Gasteiger partial charge in [0.2, 0.25) is 0 Å². The van der Waals surface area contributed by atoms with Gasteiger partial charge in [0.05, 0.1) is 0 Å². The van der Waals surface area contributed by atoms with Crippen molar-refractivity contribution < 1.29 is 23.3 Å². The third kappa shape index (κ3) is 10.2. The number of benzene rings is 4. The monoisotopic (exact) mass is 1110 g/mol. The van der Waals surface area contributed by atoms with E-state index < -0.39 is 0 Å². The van der Waals surface area contributed by atoms with Gasteiger partial charge in [0, 0.05) is 0 Å². The van der Waals surface area contributed by atoms with E-state index in [1.807, 2.05) is 6.92 Å². The quantitative estimate of drug-likeness (QED) is 0.105. The van der Waals surface area contributed by atoms with Gasteiger partial charge in [-0.15, -0.1) is 93.9 Å². The van der Waals surface area contributed by atoms with Gasteiger partial charge in [-0.3, -0.25) is 0 Å². The van der Waals surface area contributed by atoms with Crippen LogP contribution in [-0.2, 0) is 47.0 Å². The van der Waals surface area contributed by atoms with Crippen molar-refractivity contribution in [3.63, 3.8) is 0 Å². The van der Waals surface area contributed by atoms with Crippen LogP contribution >= 0.6 is 24.8 Å². The Morgan fingerprint density at radius 2 is 0.784 bits per heavy atom. The van der Waals surface area contributed by atoms with Crippen molar-refractivity contribution >= 4 is 53.2 Å². The van der Waals surface area contributed by atoms with Crippen molar-refractivity contribution in [2.75, 3.05) is 0 Å². The Hall–Kier alpha value is -2.22. The first-order chi connectivity index (χ1) is 34.7. The van der Waals surface area contributed by atoms with Crippen molar-refractivity contribution in [1.29, 1.82) is 0 Å². The van der Waals surface area contributed by atoms with E-state index in [9.17, 15) is 0 Å². The third-order valence-corrected chi connectivity index (χ3v) is 22.2. The Balaban J connectivity index is 0.000000150. The number of fused-ring (bicyclic) bond motifs is 6. The van der Waals surface area contributed by atoms with Crippen LogP contribution in [0.4, 0.5) is 0 Å². The molecule has 12 aliphatic rings. The van der Waals surface area contributed by atoms with Crippen molar-refractivity contribution in [3.8, 4) is 22.3 Å². The molecule has 0 amide bonds. The summed E-state index contributed by atoms with van der Waals surface area (Å²) >= 11 is 1.36. The molecule has 0 unspecified atom stereocenters. The molecule has 0 aromatic heterocycles. The number of rotatable bonds is 8. The van der Waals surface area contributed by atoms with E-state index in [0.717, 1.165) is 53.8 Å². The van der Waals surface area contributed by atoms with E-state index in [1.165, 1.54) is 221 Å². The zero-order valence-electron chi connectivity index (χ0n) is 45.2. The maximum atomic E-state index is 3.49. The number of halogens is 2. The second-order valence-electron chi connectivity index (χ2n) is 27.0. The molecule has 74 heavy (non-hydrogen) atoms. The molecule has 0 aliphatic heterocycles. The molecular weight excluding hydrogens is 1030 g/mol. The zero-order valence-corrected chi connectivity index (χ0v) is 50.3. The maximum Gasteiger partial charge on any atom is -0.00391 e. The van der Waals surface area contributed by atoms with Crippen LogP contribution in [0.2, 0.25) is 0 Å². The summed E-state index contributed by atoms with van der Waals surface area (Å²) in [5.74, 6) is 8.17. The van der Waals surface area contributed by atoms with Crippen LogP contribution in [0.5, 0.6) is 0 Å². The average Bonchev–Trinajstić information content (AvgIpc) is 4.26. The van der Waals surface area contributed by atoms with Crippen LogP contribution in [0.3, 0.4) is 0 Å². The standard InChI is InChI=1S/2C33H37.C3H7.CH3.2ClH.Si.Zr/c2*1-2-28-15-26(18-32-10-8-22(17-32)9-11-32)16-31(28)30(3-1)27-4-6-29(7-5-27)33-19-23-12-24(20-33)14-25(13-23)21-33;1-3-2;;;;;/h2*1-7,15-16,22-25H,8-14,17-21H2;1,3H2,2H3;1H3;2*1H;;/q4*-1;;;;. The Labute approximate surface area is 477 Å². The van der Waals surface area contributed by atoms with Gasteiger partial charge in [-0.05, 0) is 245 Å². The first-order valence-electron chi connectivity index (χ1n) is 29.4. The SMILES string of the molecule is Cl.Cl.[CH2-]CC.[CH3-].[Si]=[Zr].c1cc(-c2ccc(C34CC5CC(CC(C5)C3)C4)cc2)c2cc(CC34CCC(CC3)C4)[cH-]c2c1.c1cc(-c2ccc(C34CC5CC(CC(C5)C3)C4)cc2)c2cc(CC34CCC(CC3)C4)[cH-]c2c1. The molecule has 12 saturated carbocycles. The van der Waals surface area contributed by atoms with Gasteiger partial charge in [-0.25, -0.2) is 0 Å². The Morgan fingerprint density at radius 3 is 1.07 bits per heavy atom. The number of hydrogen-bond acceptors (Lipinski definition) is 0. The minimum atomic E-state index is 0. The topological polar surface area (TPSA) is 0 Å². The fourth-order valence-corrected chi connectivity index (χ4v) is 20.2. The van der Waals surface area contributed by atoms with Gasteiger partial charge < -0.3 is 14.4 Å². The molecule has 392 valence electrons. The molecule has 0 nitrogen and oxygen atoms in total. The van der Waals surface area contributed by atoms with Gasteiger partial charge in [-0.2, -0.15) is 18.6 Å². The minimum Gasteiger partial charge on any atom is -0.164 e. The van der Waals surface area contributed by atoms with Crippen LogP contribution < -0.4 is 0 Å². The molecule has 12 fully saturated rings. The third-order valence-electron chi connectivity index (χ3n) is 22.2. The Kier molecular flexibility index (Phi) is 16.5. The molecule has 0 heterocycles. The summed E-state index contributed by atoms with van der Waals surface area (Å²) in [5, 5.41) is 5.83. The summed E-state index contributed by atoms with van der Waals surface area (Å²) in [6.45, 7) is 8.56. The van der Waals surface area contributed by atoms with E-state index in [-0.39, 0.29) is 32.2 Å². The molecule has 6 aromatic carbocycles. The summed E-state index contributed by atoms with van der Waals surface area (Å²) in [4.78, 5) is 0. The van der Waals surface area contributed by atoms with Gasteiger partial charge >= 0.3 is 30.2 Å². The predicted molar refractivity (Wildman–Crippen MR) is 317 cm³/mol.